The molecule has 0 aliphatic carbocycles. The third kappa shape index (κ3) is 23.0. The van der Waals surface area contributed by atoms with E-state index in [1.165, 1.54) is 37.8 Å². The summed E-state index contributed by atoms with van der Waals surface area (Å²) in [6.45, 7) is 10.3. The predicted molar refractivity (Wildman–Crippen MR) is 164 cm³/mol. The maximum Gasteiger partial charge on any atom is 0.299 e. The van der Waals surface area contributed by atoms with Crippen LogP contribution in [0.3, 0.4) is 0 Å². The summed E-state index contributed by atoms with van der Waals surface area (Å²) >= 11 is 0. The van der Waals surface area contributed by atoms with Crippen LogP contribution in [0.15, 0.2) is 18.2 Å². The number of nitro groups is 2. The fourth-order valence-corrected chi connectivity index (χ4v) is 3.64. The number of anilines is 1. The highest BCUT2D eigenvalue weighted by molar-refractivity contribution is 5.65. The summed E-state index contributed by atoms with van der Waals surface area (Å²) in [5.74, 6) is 0. The average molecular weight is 634 g/mol. The van der Waals surface area contributed by atoms with Gasteiger partial charge in [-0.1, -0.05) is 32.6 Å². The first-order chi connectivity index (χ1) is 21.6. The summed E-state index contributed by atoms with van der Waals surface area (Å²) in [5, 5.41) is 24.8. The number of nitrogens with one attached hydrogen (secondary N) is 1. The molecule has 0 aliphatic heterocycles. The number of hydrogen-bond donors (Lipinski definition) is 1. The fraction of sp³-hybridized carbons (Fsp3) is 0.793. The molecule has 15 heteroatoms. The van der Waals surface area contributed by atoms with Crippen molar-refractivity contribution in [2.24, 2.45) is 0 Å². The van der Waals surface area contributed by atoms with E-state index in [9.17, 15) is 20.2 Å². The summed E-state index contributed by atoms with van der Waals surface area (Å²) < 4.78 is 43.7. The van der Waals surface area contributed by atoms with Gasteiger partial charge in [-0.25, -0.2) is 0 Å². The van der Waals surface area contributed by atoms with Crippen LogP contribution in [-0.4, -0.2) is 122 Å². The predicted octanol–water partition coefficient (Wildman–Crippen LogP) is 4.02. The SMILES string of the molecule is CCCCCCCOCCOCCOCCOCCOCCOCCOCCOCCNc1ccc([N+](=O)[O-])cc1[N+](=O)[O-]. The van der Waals surface area contributed by atoms with E-state index in [0.29, 0.717) is 99.0 Å². The van der Waals surface area contributed by atoms with Gasteiger partial charge in [0, 0.05) is 19.2 Å². The molecule has 1 N–H and O–H groups in total. The van der Waals surface area contributed by atoms with Crippen molar-refractivity contribution < 1.29 is 47.7 Å². The monoisotopic (exact) mass is 633 g/mol. The molecule has 0 atom stereocenters. The lowest BCUT2D eigenvalue weighted by atomic mass is 10.2. The zero-order chi connectivity index (χ0) is 31.9. The number of ether oxygens (including phenoxy) is 8. The van der Waals surface area contributed by atoms with Crippen molar-refractivity contribution in [3.63, 3.8) is 0 Å². The molecule has 0 radical (unpaired) electrons. The van der Waals surface area contributed by atoms with Crippen molar-refractivity contribution in [3.05, 3.63) is 38.4 Å². The van der Waals surface area contributed by atoms with Crippen LogP contribution >= 0.6 is 0 Å². The summed E-state index contributed by atoms with van der Waals surface area (Å²) in [5.41, 5.74) is -0.510. The molecule has 0 bridgehead atoms. The Morgan fingerprint density at radius 1 is 0.545 bits per heavy atom. The zero-order valence-corrected chi connectivity index (χ0v) is 26.1. The molecule has 0 aliphatic rings. The Hall–Kier alpha value is -2.50. The first-order valence-electron chi connectivity index (χ1n) is 15.3. The molecule has 0 aromatic heterocycles. The first-order valence-corrected chi connectivity index (χ1v) is 15.3. The minimum absolute atomic E-state index is 0.191. The van der Waals surface area contributed by atoms with E-state index >= 15 is 0 Å². The van der Waals surface area contributed by atoms with E-state index in [0.717, 1.165) is 19.1 Å². The highest BCUT2D eigenvalue weighted by Crippen LogP contribution is 2.28. The number of unbranched alkanes of at least 4 members (excludes halogenated alkanes) is 4. The number of hydrogen-bond acceptors (Lipinski definition) is 13. The first kappa shape index (κ1) is 39.5. The molecule has 1 aromatic rings. The minimum Gasteiger partial charge on any atom is -0.379 e. The Balaban J connectivity index is 1.76. The largest absolute Gasteiger partial charge is 0.379 e. The van der Waals surface area contributed by atoms with Crippen LogP contribution in [0.1, 0.15) is 39.0 Å². The number of benzene rings is 1. The lowest BCUT2D eigenvalue weighted by Crippen LogP contribution is -2.15. The Morgan fingerprint density at radius 2 is 0.955 bits per heavy atom. The highest BCUT2D eigenvalue weighted by atomic mass is 16.6. The zero-order valence-electron chi connectivity index (χ0n) is 26.1. The van der Waals surface area contributed by atoms with Gasteiger partial charge in [0.1, 0.15) is 5.69 Å². The normalized spacial score (nSPS) is 11.2. The smallest absolute Gasteiger partial charge is 0.299 e. The van der Waals surface area contributed by atoms with Crippen molar-refractivity contribution in [1.82, 2.24) is 0 Å². The Morgan fingerprint density at radius 3 is 1.36 bits per heavy atom. The number of rotatable bonds is 33. The highest BCUT2D eigenvalue weighted by Gasteiger charge is 2.19. The fourth-order valence-electron chi connectivity index (χ4n) is 3.64. The summed E-state index contributed by atoms with van der Waals surface area (Å²) in [6.07, 6.45) is 6.21. The van der Waals surface area contributed by atoms with Crippen LogP contribution < -0.4 is 5.32 Å². The van der Waals surface area contributed by atoms with Crippen molar-refractivity contribution >= 4 is 17.1 Å². The Kier molecular flexibility index (Phi) is 26.3. The second-order valence-electron chi connectivity index (χ2n) is 9.46. The van der Waals surface area contributed by atoms with Crippen LogP contribution in [-0.2, 0) is 37.9 Å². The quantitative estimate of drug-likeness (QED) is 0.0669. The van der Waals surface area contributed by atoms with E-state index in [4.69, 9.17) is 37.9 Å². The Labute approximate surface area is 260 Å². The van der Waals surface area contributed by atoms with Crippen molar-refractivity contribution in [1.29, 1.82) is 0 Å². The van der Waals surface area contributed by atoms with Gasteiger partial charge in [-0.05, 0) is 12.5 Å². The molecule has 0 saturated carbocycles. The molecule has 15 nitrogen and oxygen atoms in total. The molecule has 0 amide bonds. The molecule has 0 heterocycles. The van der Waals surface area contributed by atoms with Crippen LogP contribution in [0.25, 0.3) is 0 Å². The molecule has 1 rings (SSSR count). The van der Waals surface area contributed by atoms with Gasteiger partial charge in [0.15, 0.2) is 0 Å². The molecule has 0 unspecified atom stereocenters. The molecular weight excluding hydrogens is 582 g/mol. The van der Waals surface area contributed by atoms with E-state index in [1.54, 1.807) is 0 Å². The Bertz CT molecular complexity index is 850. The lowest BCUT2D eigenvalue weighted by Gasteiger charge is -2.09. The van der Waals surface area contributed by atoms with E-state index in [1.807, 2.05) is 0 Å². The van der Waals surface area contributed by atoms with Gasteiger partial charge in [-0.15, -0.1) is 0 Å². The topological polar surface area (TPSA) is 172 Å². The summed E-state index contributed by atoms with van der Waals surface area (Å²) in [6, 6.07) is 3.44. The molecular formula is C29H51N3O12. The third-order valence-corrected chi connectivity index (χ3v) is 5.95. The molecule has 0 spiro atoms. The van der Waals surface area contributed by atoms with Crippen molar-refractivity contribution in [3.8, 4) is 0 Å². The maximum absolute atomic E-state index is 11.1. The van der Waals surface area contributed by atoms with Gasteiger partial charge < -0.3 is 43.2 Å². The number of non-ortho nitro benzene ring substituents is 1. The maximum atomic E-state index is 11.1. The molecule has 1 aromatic carbocycles. The minimum atomic E-state index is -0.678. The molecule has 0 saturated heterocycles. The van der Waals surface area contributed by atoms with Crippen molar-refractivity contribution in [2.45, 2.75) is 39.0 Å². The van der Waals surface area contributed by atoms with Crippen LogP contribution in [0.4, 0.5) is 17.1 Å². The van der Waals surface area contributed by atoms with Gasteiger partial charge in [-0.2, -0.15) is 0 Å². The van der Waals surface area contributed by atoms with Gasteiger partial charge in [0.05, 0.1) is 115 Å². The van der Waals surface area contributed by atoms with Crippen LogP contribution in [0, 0.1) is 20.2 Å². The second-order valence-corrected chi connectivity index (χ2v) is 9.46. The molecule has 254 valence electrons. The average Bonchev–Trinajstić information content (AvgIpc) is 3.01. The number of nitrogens with zero attached hydrogens (tertiary/aromatic N) is 2. The number of nitro benzene ring substituents is 2. The van der Waals surface area contributed by atoms with Gasteiger partial charge in [0.2, 0.25) is 0 Å². The van der Waals surface area contributed by atoms with Gasteiger partial charge in [-0.3, -0.25) is 20.2 Å². The third-order valence-electron chi connectivity index (χ3n) is 5.95. The van der Waals surface area contributed by atoms with E-state index < -0.39 is 9.85 Å². The van der Waals surface area contributed by atoms with Gasteiger partial charge in [0.25, 0.3) is 11.4 Å². The second kappa shape index (κ2) is 29.2. The molecule has 0 fully saturated rings. The van der Waals surface area contributed by atoms with Crippen LogP contribution in [0.5, 0.6) is 0 Å². The summed E-state index contributed by atoms with van der Waals surface area (Å²) in [7, 11) is 0. The van der Waals surface area contributed by atoms with Crippen LogP contribution in [0.2, 0.25) is 0 Å². The van der Waals surface area contributed by atoms with E-state index in [2.05, 4.69) is 12.2 Å². The van der Waals surface area contributed by atoms with Gasteiger partial charge >= 0.3 is 0 Å². The lowest BCUT2D eigenvalue weighted by molar-refractivity contribution is -0.393. The standard InChI is InChI=1S/C29H51N3O12/c1-2-3-4-5-6-10-37-12-14-39-16-18-41-20-22-43-24-25-44-23-21-42-19-17-40-15-13-38-11-9-30-28-8-7-27(31(33)34)26-29(28)32(35)36/h7-8,26,30H,2-6,9-25H2,1H3. The summed E-state index contributed by atoms with van der Waals surface area (Å²) in [4.78, 5) is 20.6. The van der Waals surface area contributed by atoms with Crippen molar-refractivity contribution in [2.75, 3.05) is 118 Å². The van der Waals surface area contributed by atoms with E-state index in [-0.39, 0.29) is 23.7 Å². The molecule has 44 heavy (non-hydrogen) atoms.